The molecule has 8 nitrogen and oxygen atoms in total. The quantitative estimate of drug-likeness (QED) is 0.323. The van der Waals surface area contributed by atoms with E-state index in [1.807, 2.05) is 30.3 Å². The van der Waals surface area contributed by atoms with Crippen molar-refractivity contribution in [2.75, 3.05) is 25.6 Å². The number of pyridine rings is 1. The number of nitrogens with zero attached hydrogens (tertiary/aromatic N) is 1. The molecule has 1 fully saturated rings. The molecule has 1 aliphatic rings. The summed E-state index contributed by atoms with van der Waals surface area (Å²) in [5.74, 6) is 1.79. The number of aromatic nitrogens is 2. The van der Waals surface area contributed by atoms with Crippen LogP contribution in [0.5, 0.6) is 17.2 Å². The molecule has 1 aliphatic heterocycles. The number of carbonyl (C=O) groups excluding carboxylic acids is 1. The van der Waals surface area contributed by atoms with Crippen molar-refractivity contribution in [3.63, 3.8) is 0 Å². The van der Waals surface area contributed by atoms with Crippen molar-refractivity contribution < 1.29 is 24.1 Å². The van der Waals surface area contributed by atoms with Crippen molar-refractivity contribution in [1.29, 1.82) is 0 Å². The zero-order valence-corrected chi connectivity index (χ0v) is 19.4. The molecule has 0 bridgehead atoms. The van der Waals surface area contributed by atoms with E-state index in [2.05, 4.69) is 15.3 Å². The van der Waals surface area contributed by atoms with Crippen LogP contribution in [-0.2, 0) is 4.74 Å². The monoisotopic (exact) mass is 473 g/mol. The Balaban J connectivity index is 1.42. The molecule has 0 spiro atoms. The molecule has 0 unspecified atom stereocenters. The van der Waals surface area contributed by atoms with Crippen LogP contribution in [0.2, 0.25) is 0 Å². The molecule has 8 heteroatoms. The van der Waals surface area contributed by atoms with Gasteiger partial charge in [-0.15, -0.1) is 0 Å². The van der Waals surface area contributed by atoms with Gasteiger partial charge in [0.05, 0.1) is 49.3 Å². The highest BCUT2D eigenvalue weighted by molar-refractivity contribution is 6.19. The molecule has 3 N–H and O–H groups in total. The Hall–Kier alpha value is -3.88. The molecule has 180 valence electrons. The topological polar surface area (TPSA) is 106 Å². The number of nitrogens with one attached hydrogen (secondary N) is 2. The summed E-state index contributed by atoms with van der Waals surface area (Å²) >= 11 is 0. The summed E-state index contributed by atoms with van der Waals surface area (Å²) in [6, 6.07) is 16.6. The van der Waals surface area contributed by atoms with Crippen LogP contribution >= 0.6 is 0 Å². The van der Waals surface area contributed by atoms with Gasteiger partial charge in [-0.05, 0) is 49.2 Å². The average Bonchev–Trinajstić information content (AvgIpc) is 3.34. The molecule has 1 saturated heterocycles. The van der Waals surface area contributed by atoms with Crippen LogP contribution in [-0.4, -0.2) is 53.3 Å². The number of ether oxygens (including phenoxy) is 3. The minimum absolute atomic E-state index is 0.0151. The van der Waals surface area contributed by atoms with E-state index in [-0.39, 0.29) is 24.5 Å². The zero-order valence-electron chi connectivity index (χ0n) is 19.4. The number of para-hydroxylation sites is 1. The highest BCUT2D eigenvalue weighted by Crippen LogP contribution is 2.36. The normalized spacial score (nSPS) is 17.8. The zero-order chi connectivity index (χ0) is 24.2. The number of aliphatic hydroxyl groups is 1. The number of rotatable bonds is 8. The largest absolute Gasteiger partial charge is 0.493 e. The number of benzene rings is 2. The maximum Gasteiger partial charge on any atom is 0.195 e. The molecule has 0 aliphatic carbocycles. The second kappa shape index (κ2) is 10.2. The van der Waals surface area contributed by atoms with E-state index in [0.29, 0.717) is 46.0 Å². The third-order valence-corrected chi connectivity index (χ3v) is 6.15. The van der Waals surface area contributed by atoms with E-state index < -0.39 is 0 Å². The Morgan fingerprint density at radius 2 is 1.91 bits per heavy atom. The van der Waals surface area contributed by atoms with Gasteiger partial charge in [0, 0.05) is 17.8 Å². The molecule has 5 rings (SSSR count). The number of methoxy groups -OCH3 is 1. The summed E-state index contributed by atoms with van der Waals surface area (Å²) in [5, 5.41) is 13.5. The molecular formula is C27H27N3O5. The maximum atomic E-state index is 13.5. The highest BCUT2D eigenvalue weighted by Gasteiger charge is 2.25. The second-order valence-electron chi connectivity index (χ2n) is 8.45. The minimum atomic E-state index is -0.138. The van der Waals surface area contributed by atoms with Gasteiger partial charge in [0.25, 0.3) is 0 Å². The molecule has 0 amide bonds. The molecule has 2 aromatic heterocycles. The van der Waals surface area contributed by atoms with Gasteiger partial charge in [0.15, 0.2) is 11.5 Å². The minimum Gasteiger partial charge on any atom is -0.493 e. The number of aromatic amines is 1. The fourth-order valence-electron chi connectivity index (χ4n) is 4.28. The van der Waals surface area contributed by atoms with Gasteiger partial charge >= 0.3 is 0 Å². The lowest BCUT2D eigenvalue weighted by molar-refractivity contribution is -0.0223. The molecule has 0 saturated carbocycles. The van der Waals surface area contributed by atoms with Crippen molar-refractivity contribution in [2.45, 2.75) is 25.0 Å². The van der Waals surface area contributed by atoms with E-state index in [1.54, 1.807) is 43.8 Å². The van der Waals surface area contributed by atoms with E-state index >= 15 is 0 Å². The van der Waals surface area contributed by atoms with E-state index in [0.717, 1.165) is 18.6 Å². The first-order chi connectivity index (χ1) is 17.2. The van der Waals surface area contributed by atoms with E-state index in [9.17, 15) is 9.90 Å². The summed E-state index contributed by atoms with van der Waals surface area (Å²) in [4.78, 5) is 21.1. The lowest BCUT2D eigenvalue weighted by Gasteiger charge is -2.29. The highest BCUT2D eigenvalue weighted by atomic mass is 16.5. The van der Waals surface area contributed by atoms with E-state index in [1.165, 1.54) is 0 Å². The van der Waals surface area contributed by atoms with Gasteiger partial charge in [-0.1, -0.05) is 18.2 Å². The number of anilines is 1. The van der Waals surface area contributed by atoms with Crippen LogP contribution in [0.1, 0.15) is 28.8 Å². The predicted molar refractivity (Wildman–Crippen MR) is 133 cm³/mol. The summed E-state index contributed by atoms with van der Waals surface area (Å²) in [6.45, 7) is 0.468. The fraction of sp³-hybridized carbons (Fsp3) is 0.259. The average molecular weight is 474 g/mol. The third-order valence-electron chi connectivity index (χ3n) is 6.15. The Morgan fingerprint density at radius 3 is 2.60 bits per heavy atom. The van der Waals surface area contributed by atoms with Gasteiger partial charge < -0.3 is 29.6 Å². The Morgan fingerprint density at radius 1 is 1.14 bits per heavy atom. The van der Waals surface area contributed by atoms with Crippen molar-refractivity contribution in [3.05, 3.63) is 78.1 Å². The third kappa shape index (κ3) is 4.84. The summed E-state index contributed by atoms with van der Waals surface area (Å²) in [7, 11) is 1.58. The van der Waals surface area contributed by atoms with Crippen LogP contribution < -0.4 is 14.8 Å². The maximum absolute atomic E-state index is 13.5. The van der Waals surface area contributed by atoms with Crippen molar-refractivity contribution in [1.82, 2.24) is 9.97 Å². The van der Waals surface area contributed by atoms with Gasteiger partial charge in [-0.3, -0.25) is 4.79 Å². The molecule has 35 heavy (non-hydrogen) atoms. The first-order valence-electron chi connectivity index (χ1n) is 11.6. The van der Waals surface area contributed by atoms with Gasteiger partial charge in [0.2, 0.25) is 0 Å². The Bertz CT molecular complexity index is 1300. The molecule has 2 aromatic carbocycles. The molecular weight excluding hydrogens is 446 g/mol. The number of hydrogen-bond acceptors (Lipinski definition) is 7. The SMILES string of the molecule is COc1cnc2[nH]cc(C(=O)c3ccc(Oc4ccccc4)cc3)c2c1N[C@@H]1CC[C@@H](CO)OC1. The summed E-state index contributed by atoms with van der Waals surface area (Å²) in [6.07, 6.45) is 4.75. The van der Waals surface area contributed by atoms with E-state index in [4.69, 9.17) is 14.2 Å². The Kier molecular flexibility index (Phi) is 6.65. The lowest BCUT2D eigenvalue weighted by atomic mass is 10.0. The number of fused-ring (bicyclic) bond motifs is 1. The van der Waals surface area contributed by atoms with Crippen LogP contribution in [0.25, 0.3) is 11.0 Å². The molecule has 3 heterocycles. The number of ketones is 1. The fourth-order valence-corrected chi connectivity index (χ4v) is 4.28. The molecule has 2 atom stereocenters. The lowest BCUT2D eigenvalue weighted by Crippen LogP contribution is -2.36. The van der Waals surface area contributed by atoms with Crippen LogP contribution in [0, 0.1) is 0 Å². The van der Waals surface area contributed by atoms with Gasteiger partial charge in [0.1, 0.15) is 17.1 Å². The molecule has 0 radical (unpaired) electrons. The van der Waals surface area contributed by atoms with Crippen molar-refractivity contribution in [3.8, 4) is 17.2 Å². The van der Waals surface area contributed by atoms with Crippen molar-refractivity contribution in [2.24, 2.45) is 0 Å². The number of hydrogen-bond donors (Lipinski definition) is 3. The first-order valence-corrected chi connectivity index (χ1v) is 11.6. The summed E-state index contributed by atoms with van der Waals surface area (Å²) in [5.41, 5.74) is 2.32. The van der Waals surface area contributed by atoms with Crippen LogP contribution in [0.15, 0.2) is 67.0 Å². The second-order valence-corrected chi connectivity index (χ2v) is 8.45. The smallest absolute Gasteiger partial charge is 0.195 e. The standard InChI is InChI=1S/C27H27N3O5/c1-33-23-14-29-27-24(25(23)30-18-9-12-21(15-31)34-16-18)22(13-28-27)26(32)17-7-10-20(11-8-17)35-19-5-3-2-4-6-19/h2-8,10-11,13-14,18,21,31H,9,12,15-16H2,1H3,(H2,28,29,30)/t18-,21+/m1/s1. The van der Waals surface area contributed by atoms with Crippen LogP contribution in [0.4, 0.5) is 5.69 Å². The number of carbonyl (C=O) groups is 1. The predicted octanol–water partition coefficient (Wildman–Crippen LogP) is 4.55. The first kappa shape index (κ1) is 22.9. The number of aliphatic hydroxyl groups excluding tert-OH is 1. The van der Waals surface area contributed by atoms with Crippen LogP contribution in [0.3, 0.4) is 0 Å². The number of H-pyrrole nitrogens is 1. The van der Waals surface area contributed by atoms with Gasteiger partial charge in [-0.2, -0.15) is 0 Å². The summed E-state index contributed by atoms with van der Waals surface area (Å²) < 4.78 is 17.1. The van der Waals surface area contributed by atoms with Crippen molar-refractivity contribution >= 4 is 22.5 Å². The Labute approximate surface area is 202 Å². The van der Waals surface area contributed by atoms with Gasteiger partial charge in [-0.25, -0.2) is 4.98 Å². The molecule has 4 aromatic rings.